The number of benzene rings is 3. The van der Waals surface area contributed by atoms with Gasteiger partial charge in [-0.3, -0.25) is 4.79 Å². The Hall–Kier alpha value is -4.39. The van der Waals surface area contributed by atoms with Crippen LogP contribution in [0.5, 0.6) is 5.75 Å². The molecule has 1 amide bonds. The maximum Gasteiger partial charge on any atom is 0.407 e. The molecule has 4 aromatic rings. The number of hydrogen-bond donors (Lipinski definition) is 1. The van der Waals surface area contributed by atoms with Gasteiger partial charge in [0.15, 0.2) is 0 Å². The average Bonchev–Trinajstić information content (AvgIpc) is 2.89. The summed E-state index contributed by atoms with van der Waals surface area (Å²) < 4.78 is 16.1. The molecule has 0 radical (unpaired) electrons. The molecule has 0 saturated heterocycles. The van der Waals surface area contributed by atoms with E-state index in [0.717, 1.165) is 22.1 Å². The predicted octanol–water partition coefficient (Wildman–Crippen LogP) is 5.30. The summed E-state index contributed by atoms with van der Waals surface area (Å²) in [4.78, 5) is 36.6. The molecule has 0 saturated carbocycles. The minimum Gasteiger partial charge on any atom is -0.445 e. The summed E-state index contributed by atoms with van der Waals surface area (Å²) in [5.41, 5.74) is 3.32. The van der Waals surface area contributed by atoms with Crippen molar-refractivity contribution in [1.82, 2.24) is 5.32 Å². The first-order valence-electron chi connectivity index (χ1n) is 11.7. The summed E-state index contributed by atoms with van der Waals surface area (Å²) in [5, 5.41) is 3.40. The van der Waals surface area contributed by atoms with Crippen LogP contribution < -0.4 is 15.7 Å². The van der Waals surface area contributed by atoms with Crippen LogP contribution in [0.2, 0.25) is 0 Å². The Bertz CT molecular complexity index is 1400. The van der Waals surface area contributed by atoms with Crippen molar-refractivity contribution in [2.45, 2.75) is 32.8 Å². The maximum atomic E-state index is 12.6. The molecule has 0 fully saturated rings. The molecule has 7 nitrogen and oxygen atoms in total. The van der Waals surface area contributed by atoms with Crippen LogP contribution in [0, 0.1) is 6.92 Å². The first-order chi connectivity index (χ1) is 17.5. The highest BCUT2D eigenvalue weighted by atomic mass is 16.5. The number of esters is 1. The van der Waals surface area contributed by atoms with Crippen molar-refractivity contribution < 1.29 is 23.5 Å². The molecule has 1 aromatic heterocycles. The Labute approximate surface area is 208 Å². The second kappa shape index (κ2) is 11.8. The quantitative estimate of drug-likeness (QED) is 0.150. The Morgan fingerprint density at radius 1 is 0.917 bits per heavy atom. The molecule has 36 heavy (non-hydrogen) atoms. The fourth-order valence-corrected chi connectivity index (χ4v) is 3.82. The second-order valence-electron chi connectivity index (χ2n) is 8.38. The van der Waals surface area contributed by atoms with E-state index in [-0.39, 0.29) is 19.6 Å². The highest BCUT2D eigenvalue weighted by molar-refractivity contribution is 5.83. The molecule has 0 atom stereocenters. The van der Waals surface area contributed by atoms with Crippen molar-refractivity contribution in [2.75, 3.05) is 6.54 Å². The van der Waals surface area contributed by atoms with Crippen LogP contribution >= 0.6 is 0 Å². The lowest BCUT2D eigenvalue weighted by molar-refractivity contribution is -0.134. The van der Waals surface area contributed by atoms with E-state index in [2.05, 4.69) is 5.32 Å². The minimum absolute atomic E-state index is 0.107. The number of rotatable bonds is 9. The van der Waals surface area contributed by atoms with Crippen LogP contribution in [-0.4, -0.2) is 18.6 Å². The van der Waals surface area contributed by atoms with E-state index in [1.807, 2.05) is 67.6 Å². The van der Waals surface area contributed by atoms with Crippen molar-refractivity contribution in [3.63, 3.8) is 0 Å². The fraction of sp³-hybridized carbons (Fsp3) is 0.207. The molecule has 4 rings (SSSR count). The molecule has 0 aliphatic rings. The van der Waals surface area contributed by atoms with Gasteiger partial charge >= 0.3 is 17.7 Å². The molecule has 0 unspecified atom stereocenters. The lowest BCUT2D eigenvalue weighted by Crippen LogP contribution is -2.26. The Morgan fingerprint density at radius 2 is 1.61 bits per heavy atom. The molecule has 7 heteroatoms. The number of carbonyl (C=O) groups is 2. The normalized spacial score (nSPS) is 10.7. The molecule has 1 N–H and O–H groups in total. The fourth-order valence-electron chi connectivity index (χ4n) is 3.82. The molecule has 0 aliphatic heterocycles. The number of nitrogens with one attached hydrogen (secondary N) is 1. The first-order valence-corrected chi connectivity index (χ1v) is 11.7. The van der Waals surface area contributed by atoms with Gasteiger partial charge in [-0.25, -0.2) is 9.59 Å². The number of hydrogen-bond acceptors (Lipinski definition) is 6. The highest BCUT2D eigenvalue weighted by Crippen LogP contribution is 2.25. The smallest absolute Gasteiger partial charge is 0.407 e. The molecule has 0 bridgehead atoms. The Morgan fingerprint density at radius 3 is 2.33 bits per heavy atom. The lowest BCUT2D eigenvalue weighted by atomic mass is 10.00. The van der Waals surface area contributed by atoms with Gasteiger partial charge in [-0.05, 0) is 42.2 Å². The van der Waals surface area contributed by atoms with Gasteiger partial charge in [-0.2, -0.15) is 0 Å². The summed E-state index contributed by atoms with van der Waals surface area (Å²) in [6.45, 7) is 2.35. The van der Waals surface area contributed by atoms with Gasteiger partial charge in [0.05, 0.1) is 0 Å². The van der Waals surface area contributed by atoms with Crippen LogP contribution in [0.1, 0.15) is 35.1 Å². The van der Waals surface area contributed by atoms with Gasteiger partial charge in [0.2, 0.25) is 0 Å². The van der Waals surface area contributed by atoms with Crippen molar-refractivity contribution in [3.05, 3.63) is 112 Å². The summed E-state index contributed by atoms with van der Waals surface area (Å²) >= 11 is 0. The monoisotopic (exact) mass is 485 g/mol. The maximum absolute atomic E-state index is 12.6. The second-order valence-corrected chi connectivity index (χ2v) is 8.38. The molecule has 3 aromatic carbocycles. The van der Waals surface area contributed by atoms with Crippen LogP contribution in [0.4, 0.5) is 4.79 Å². The Kier molecular flexibility index (Phi) is 8.13. The van der Waals surface area contributed by atoms with E-state index in [4.69, 9.17) is 13.9 Å². The SMILES string of the molecule is Cc1c(Cc2ccccc2)c(=O)oc2cc(OC(=O)CCCNC(=O)OCc3ccccc3)ccc12. The van der Waals surface area contributed by atoms with Gasteiger partial charge in [0.25, 0.3) is 0 Å². The van der Waals surface area contributed by atoms with Gasteiger partial charge in [0.1, 0.15) is 17.9 Å². The predicted molar refractivity (Wildman–Crippen MR) is 136 cm³/mol. The number of fused-ring (bicyclic) bond motifs is 1. The van der Waals surface area contributed by atoms with Crippen LogP contribution in [-0.2, 0) is 22.6 Å². The molecule has 0 aliphatic carbocycles. The summed E-state index contributed by atoms with van der Waals surface area (Å²) in [6, 6.07) is 24.1. The van der Waals surface area contributed by atoms with E-state index in [0.29, 0.717) is 29.7 Å². The number of carbonyl (C=O) groups excluding carboxylic acids is 2. The van der Waals surface area contributed by atoms with Crippen LogP contribution in [0.15, 0.2) is 88.1 Å². The summed E-state index contributed by atoms with van der Waals surface area (Å²) in [6.07, 6.45) is 0.439. The van der Waals surface area contributed by atoms with Crippen molar-refractivity contribution in [3.8, 4) is 5.75 Å². The van der Waals surface area contributed by atoms with Gasteiger partial charge in [-0.15, -0.1) is 0 Å². The standard InChI is InChI=1S/C29H27NO6/c1-20-24-15-14-23(18-26(24)36-28(32)25(20)17-21-9-4-2-5-10-21)35-27(31)13-8-16-30-29(33)34-19-22-11-6-3-7-12-22/h2-7,9-12,14-15,18H,8,13,16-17,19H2,1H3,(H,30,33). The van der Waals surface area contributed by atoms with Crippen molar-refractivity contribution in [1.29, 1.82) is 0 Å². The summed E-state index contributed by atoms with van der Waals surface area (Å²) in [5.74, 6) is -0.158. The van der Waals surface area contributed by atoms with Gasteiger partial charge in [-0.1, -0.05) is 60.7 Å². The van der Waals surface area contributed by atoms with Crippen LogP contribution in [0.25, 0.3) is 11.0 Å². The number of alkyl carbamates (subject to hydrolysis) is 1. The van der Waals surface area contributed by atoms with Crippen molar-refractivity contribution in [2.24, 2.45) is 0 Å². The van der Waals surface area contributed by atoms with Gasteiger partial charge < -0.3 is 19.2 Å². The van der Waals surface area contributed by atoms with E-state index in [9.17, 15) is 14.4 Å². The van der Waals surface area contributed by atoms with E-state index >= 15 is 0 Å². The average molecular weight is 486 g/mol. The largest absolute Gasteiger partial charge is 0.445 e. The van der Waals surface area contributed by atoms with E-state index in [1.54, 1.807) is 18.2 Å². The third-order valence-electron chi connectivity index (χ3n) is 5.75. The molecule has 0 spiro atoms. The third-order valence-corrected chi connectivity index (χ3v) is 5.75. The number of ether oxygens (including phenoxy) is 2. The first kappa shape index (κ1) is 24.7. The zero-order valence-corrected chi connectivity index (χ0v) is 20.0. The number of aryl methyl sites for hydroxylation is 1. The molecule has 1 heterocycles. The Balaban J connectivity index is 1.28. The van der Waals surface area contributed by atoms with Gasteiger partial charge in [0, 0.05) is 36.4 Å². The molecular formula is C29H27NO6. The minimum atomic E-state index is -0.543. The highest BCUT2D eigenvalue weighted by Gasteiger charge is 2.14. The zero-order valence-electron chi connectivity index (χ0n) is 20.0. The molecule has 184 valence electrons. The lowest BCUT2D eigenvalue weighted by Gasteiger charge is -2.10. The zero-order chi connectivity index (χ0) is 25.3. The number of amides is 1. The van der Waals surface area contributed by atoms with E-state index < -0.39 is 17.7 Å². The topological polar surface area (TPSA) is 94.8 Å². The molecular weight excluding hydrogens is 458 g/mol. The van der Waals surface area contributed by atoms with E-state index in [1.165, 1.54) is 0 Å². The summed E-state index contributed by atoms with van der Waals surface area (Å²) in [7, 11) is 0. The third kappa shape index (κ3) is 6.60. The van der Waals surface area contributed by atoms with Crippen LogP contribution in [0.3, 0.4) is 0 Å². The van der Waals surface area contributed by atoms with Crippen molar-refractivity contribution >= 4 is 23.0 Å².